The molecular formula is C18H19N5O2S2. The van der Waals surface area contributed by atoms with Crippen molar-refractivity contribution >= 4 is 34.1 Å². The van der Waals surface area contributed by atoms with Gasteiger partial charge < -0.3 is 10.1 Å². The molecule has 27 heavy (non-hydrogen) atoms. The van der Waals surface area contributed by atoms with E-state index >= 15 is 0 Å². The van der Waals surface area contributed by atoms with E-state index in [0.29, 0.717) is 28.4 Å². The molecule has 9 heteroatoms. The van der Waals surface area contributed by atoms with E-state index in [9.17, 15) is 4.79 Å². The number of hydrogen-bond donors (Lipinski definition) is 1. The number of anilines is 1. The third kappa shape index (κ3) is 4.37. The van der Waals surface area contributed by atoms with E-state index < -0.39 is 0 Å². The Balaban J connectivity index is 1.84. The SMILES string of the molecule is C=CCn1c(S[C@H](C)C(=O)Nc2nccs2)nnc1-c1ccccc1OC. The van der Waals surface area contributed by atoms with Crippen molar-refractivity contribution in [2.24, 2.45) is 0 Å². The Hall–Kier alpha value is -2.65. The smallest absolute Gasteiger partial charge is 0.239 e. The maximum absolute atomic E-state index is 12.4. The Morgan fingerprint density at radius 2 is 2.26 bits per heavy atom. The Kier molecular flexibility index (Phi) is 6.25. The molecule has 3 rings (SSSR count). The van der Waals surface area contributed by atoms with Crippen LogP contribution in [0.1, 0.15) is 6.92 Å². The van der Waals surface area contributed by atoms with Gasteiger partial charge in [-0.1, -0.05) is 30.0 Å². The fourth-order valence-corrected chi connectivity index (χ4v) is 3.79. The first-order valence-electron chi connectivity index (χ1n) is 8.18. The average molecular weight is 402 g/mol. The summed E-state index contributed by atoms with van der Waals surface area (Å²) in [5.74, 6) is 1.24. The number of hydrogen-bond acceptors (Lipinski definition) is 7. The number of carbonyl (C=O) groups excluding carboxylic acids is 1. The molecular weight excluding hydrogens is 382 g/mol. The lowest BCUT2D eigenvalue weighted by Crippen LogP contribution is -2.22. The highest BCUT2D eigenvalue weighted by Crippen LogP contribution is 2.32. The minimum Gasteiger partial charge on any atom is -0.496 e. The number of aromatic nitrogens is 4. The molecule has 0 aliphatic heterocycles. The lowest BCUT2D eigenvalue weighted by molar-refractivity contribution is -0.115. The highest BCUT2D eigenvalue weighted by Gasteiger charge is 2.22. The number of thiazole rings is 1. The van der Waals surface area contributed by atoms with Gasteiger partial charge in [0.1, 0.15) is 5.75 Å². The molecule has 3 aromatic rings. The van der Waals surface area contributed by atoms with Crippen molar-refractivity contribution in [3.8, 4) is 17.1 Å². The fourth-order valence-electron chi connectivity index (χ4n) is 2.40. The molecule has 2 heterocycles. The summed E-state index contributed by atoms with van der Waals surface area (Å²) in [5, 5.41) is 14.1. The molecule has 7 nitrogen and oxygen atoms in total. The molecule has 1 N–H and O–H groups in total. The number of rotatable bonds is 8. The van der Waals surface area contributed by atoms with E-state index in [1.165, 1.54) is 23.1 Å². The number of ether oxygens (including phenoxy) is 1. The molecule has 0 bridgehead atoms. The van der Waals surface area contributed by atoms with E-state index in [-0.39, 0.29) is 11.2 Å². The third-order valence-electron chi connectivity index (χ3n) is 3.69. The van der Waals surface area contributed by atoms with Crippen LogP contribution in [0.4, 0.5) is 5.13 Å². The topological polar surface area (TPSA) is 81.9 Å². The molecule has 140 valence electrons. The van der Waals surface area contributed by atoms with Gasteiger partial charge >= 0.3 is 0 Å². The van der Waals surface area contributed by atoms with Gasteiger partial charge in [-0.05, 0) is 19.1 Å². The predicted octanol–water partition coefficient (Wildman–Crippen LogP) is 3.72. The molecule has 1 amide bonds. The van der Waals surface area contributed by atoms with Crippen LogP contribution in [0.2, 0.25) is 0 Å². The second-order valence-electron chi connectivity index (χ2n) is 5.49. The second kappa shape index (κ2) is 8.83. The third-order valence-corrected chi connectivity index (χ3v) is 5.46. The maximum Gasteiger partial charge on any atom is 0.239 e. The Morgan fingerprint density at radius 1 is 1.44 bits per heavy atom. The first-order chi connectivity index (χ1) is 13.1. The average Bonchev–Trinajstić information content (AvgIpc) is 3.32. The van der Waals surface area contributed by atoms with Crippen LogP contribution in [-0.2, 0) is 11.3 Å². The zero-order valence-electron chi connectivity index (χ0n) is 15.0. The van der Waals surface area contributed by atoms with Crippen LogP contribution < -0.4 is 10.1 Å². The molecule has 1 atom stereocenters. The number of nitrogens with zero attached hydrogens (tertiary/aromatic N) is 4. The summed E-state index contributed by atoms with van der Waals surface area (Å²) in [6, 6.07) is 7.62. The maximum atomic E-state index is 12.4. The summed E-state index contributed by atoms with van der Waals surface area (Å²) in [7, 11) is 1.62. The van der Waals surface area contributed by atoms with Crippen LogP contribution in [0.5, 0.6) is 5.75 Å². The quantitative estimate of drug-likeness (QED) is 0.458. The summed E-state index contributed by atoms with van der Waals surface area (Å²) in [6.45, 7) is 6.16. The van der Waals surface area contributed by atoms with E-state index in [4.69, 9.17) is 4.74 Å². The van der Waals surface area contributed by atoms with Gasteiger partial charge in [0.05, 0.1) is 17.9 Å². The predicted molar refractivity (Wildman–Crippen MR) is 108 cm³/mol. The molecule has 0 radical (unpaired) electrons. The number of allylic oxidation sites excluding steroid dienone is 1. The highest BCUT2D eigenvalue weighted by molar-refractivity contribution is 8.00. The first-order valence-corrected chi connectivity index (χ1v) is 9.94. The van der Waals surface area contributed by atoms with Gasteiger partial charge in [-0.25, -0.2) is 4.98 Å². The number of thioether (sulfide) groups is 1. The van der Waals surface area contributed by atoms with E-state index in [0.717, 1.165) is 5.56 Å². The van der Waals surface area contributed by atoms with Crippen LogP contribution in [0.3, 0.4) is 0 Å². The first kappa shape index (κ1) is 19.1. The van der Waals surface area contributed by atoms with Crippen LogP contribution >= 0.6 is 23.1 Å². The monoisotopic (exact) mass is 401 g/mol. The van der Waals surface area contributed by atoms with E-state index in [2.05, 4.69) is 27.1 Å². The van der Waals surface area contributed by atoms with Gasteiger partial charge in [0.25, 0.3) is 0 Å². The van der Waals surface area contributed by atoms with E-state index in [1.807, 2.05) is 41.1 Å². The molecule has 0 aliphatic carbocycles. The zero-order chi connectivity index (χ0) is 19.2. The molecule has 0 aliphatic rings. The van der Waals surface area contributed by atoms with Crippen molar-refractivity contribution < 1.29 is 9.53 Å². The van der Waals surface area contributed by atoms with Gasteiger partial charge in [-0.3, -0.25) is 9.36 Å². The number of nitrogens with one attached hydrogen (secondary N) is 1. The lowest BCUT2D eigenvalue weighted by atomic mass is 10.2. The number of benzene rings is 1. The van der Waals surface area contributed by atoms with Crippen molar-refractivity contribution in [3.05, 3.63) is 48.5 Å². The van der Waals surface area contributed by atoms with E-state index in [1.54, 1.807) is 19.4 Å². The van der Waals surface area contributed by atoms with Gasteiger partial charge in [-0.2, -0.15) is 0 Å². The van der Waals surface area contributed by atoms with Crippen LogP contribution in [-0.4, -0.2) is 38.0 Å². The Bertz CT molecular complexity index is 924. The second-order valence-corrected chi connectivity index (χ2v) is 7.69. The summed E-state index contributed by atoms with van der Waals surface area (Å²) < 4.78 is 7.36. The number of carbonyl (C=O) groups is 1. The van der Waals surface area contributed by atoms with Crippen molar-refractivity contribution in [2.75, 3.05) is 12.4 Å². The van der Waals surface area contributed by atoms with Crippen molar-refractivity contribution in [3.63, 3.8) is 0 Å². The summed E-state index contributed by atoms with van der Waals surface area (Å²) >= 11 is 2.71. The number of para-hydroxylation sites is 1. The molecule has 1 aromatic carbocycles. The minimum absolute atomic E-state index is 0.137. The highest BCUT2D eigenvalue weighted by atomic mass is 32.2. The van der Waals surface area contributed by atoms with Crippen molar-refractivity contribution in [2.45, 2.75) is 23.9 Å². The van der Waals surface area contributed by atoms with Crippen LogP contribution in [0.15, 0.2) is 53.7 Å². The Labute approximate surface area is 165 Å². The molecule has 0 fully saturated rings. The van der Waals surface area contributed by atoms with Crippen molar-refractivity contribution in [1.29, 1.82) is 0 Å². The summed E-state index contributed by atoms with van der Waals surface area (Å²) in [6.07, 6.45) is 3.42. The van der Waals surface area contributed by atoms with Crippen LogP contribution in [0, 0.1) is 0 Å². The number of methoxy groups -OCH3 is 1. The standard InChI is InChI=1S/C18H19N5O2S2/c1-4-10-23-15(13-7-5-6-8-14(13)25-3)21-22-18(23)27-12(2)16(24)20-17-19-9-11-26-17/h4-9,11-12H,1,10H2,2-3H3,(H,19,20,24)/t12-/m1/s1. The minimum atomic E-state index is -0.368. The number of amides is 1. The molecule has 0 saturated carbocycles. The summed E-state index contributed by atoms with van der Waals surface area (Å²) in [5.41, 5.74) is 0.834. The van der Waals surface area contributed by atoms with Gasteiger partial charge in [0.15, 0.2) is 16.1 Å². The normalized spacial score (nSPS) is 11.8. The van der Waals surface area contributed by atoms with Crippen molar-refractivity contribution in [1.82, 2.24) is 19.7 Å². The van der Waals surface area contributed by atoms with Crippen LogP contribution in [0.25, 0.3) is 11.4 Å². The van der Waals surface area contributed by atoms with Gasteiger partial charge in [0, 0.05) is 18.1 Å². The lowest BCUT2D eigenvalue weighted by Gasteiger charge is -2.13. The zero-order valence-corrected chi connectivity index (χ0v) is 16.6. The molecule has 0 spiro atoms. The van der Waals surface area contributed by atoms with Gasteiger partial charge in [0.2, 0.25) is 5.91 Å². The molecule has 2 aromatic heterocycles. The largest absolute Gasteiger partial charge is 0.496 e. The van der Waals surface area contributed by atoms with Gasteiger partial charge in [-0.15, -0.1) is 28.1 Å². The Morgan fingerprint density at radius 3 is 2.96 bits per heavy atom. The molecule has 0 unspecified atom stereocenters. The fraction of sp³-hybridized carbons (Fsp3) is 0.222. The molecule has 0 saturated heterocycles. The summed E-state index contributed by atoms with van der Waals surface area (Å²) in [4.78, 5) is 16.5.